The minimum atomic E-state index is -1.22. The predicted octanol–water partition coefficient (Wildman–Crippen LogP) is 2.04. The van der Waals surface area contributed by atoms with Gasteiger partial charge in [-0.3, -0.25) is 0 Å². The molecule has 0 aliphatic heterocycles. The maximum absolute atomic E-state index is 11.9. The molecule has 0 aliphatic rings. The van der Waals surface area contributed by atoms with Crippen molar-refractivity contribution in [2.45, 2.75) is 19.4 Å². The molecule has 2 rings (SSSR count). The highest BCUT2D eigenvalue weighted by Crippen LogP contribution is 2.32. The number of methoxy groups -OCH3 is 2. The zero-order valence-corrected chi connectivity index (χ0v) is 11.3. The maximum Gasteiger partial charge on any atom is 0.344 e. The van der Waals surface area contributed by atoms with Gasteiger partial charge in [-0.15, -0.1) is 0 Å². The Balaban J connectivity index is 2.78. The largest absolute Gasteiger partial charge is 0.493 e. The van der Waals surface area contributed by atoms with E-state index in [0.29, 0.717) is 22.3 Å². The van der Waals surface area contributed by atoms with E-state index in [2.05, 4.69) is 0 Å². The Labute approximate surface area is 110 Å². The first kappa shape index (κ1) is 13.4. The Morgan fingerprint density at radius 1 is 1.11 bits per heavy atom. The number of benzene rings is 1. The average Bonchev–Trinajstić information content (AvgIpc) is 2.36. The molecule has 0 saturated heterocycles. The van der Waals surface area contributed by atoms with E-state index in [1.54, 1.807) is 32.0 Å². The first-order chi connectivity index (χ1) is 8.86. The third-order valence-corrected chi connectivity index (χ3v) is 2.87. The van der Waals surface area contributed by atoms with Crippen LogP contribution in [0.1, 0.15) is 19.6 Å². The summed E-state index contributed by atoms with van der Waals surface area (Å²) in [5.41, 5.74) is -1.74. The second kappa shape index (κ2) is 4.59. The molecule has 0 unspecified atom stereocenters. The standard InChI is InChI=1S/C14H16O5/c1-14(2,16)12-6-8-5-10(17-3)11(18-4)7-9(8)13(15)19-12/h5-7,16H,1-4H3. The van der Waals surface area contributed by atoms with Crippen molar-refractivity contribution in [3.05, 3.63) is 34.4 Å². The normalized spacial score (nSPS) is 11.6. The molecule has 5 heteroatoms. The molecule has 19 heavy (non-hydrogen) atoms. The summed E-state index contributed by atoms with van der Waals surface area (Å²) in [7, 11) is 3.02. The monoisotopic (exact) mass is 264 g/mol. The fraction of sp³-hybridized carbons (Fsp3) is 0.357. The number of hydrogen-bond donors (Lipinski definition) is 1. The van der Waals surface area contributed by atoms with Gasteiger partial charge in [0.15, 0.2) is 11.5 Å². The molecule has 102 valence electrons. The lowest BCUT2D eigenvalue weighted by atomic mass is 10.0. The highest BCUT2D eigenvalue weighted by Gasteiger charge is 2.21. The van der Waals surface area contributed by atoms with Gasteiger partial charge in [0, 0.05) is 0 Å². The zero-order chi connectivity index (χ0) is 14.2. The van der Waals surface area contributed by atoms with Crippen molar-refractivity contribution in [1.82, 2.24) is 0 Å². The van der Waals surface area contributed by atoms with Crippen LogP contribution < -0.4 is 15.1 Å². The lowest BCUT2D eigenvalue weighted by Crippen LogP contribution is -2.18. The average molecular weight is 264 g/mol. The van der Waals surface area contributed by atoms with Crippen LogP contribution in [0.4, 0.5) is 0 Å². The predicted molar refractivity (Wildman–Crippen MR) is 70.8 cm³/mol. The van der Waals surface area contributed by atoms with Crippen LogP contribution in [-0.2, 0) is 5.60 Å². The summed E-state index contributed by atoms with van der Waals surface area (Å²) in [5, 5.41) is 10.9. The fourth-order valence-electron chi connectivity index (χ4n) is 1.82. The van der Waals surface area contributed by atoms with E-state index in [1.807, 2.05) is 0 Å². The molecular weight excluding hydrogens is 248 g/mol. The molecule has 1 aromatic carbocycles. The van der Waals surface area contributed by atoms with Crippen LogP contribution in [0.15, 0.2) is 27.4 Å². The number of fused-ring (bicyclic) bond motifs is 1. The minimum absolute atomic E-state index is 0.206. The van der Waals surface area contributed by atoms with Crippen molar-refractivity contribution < 1.29 is 19.0 Å². The molecule has 0 amide bonds. The summed E-state index contributed by atoms with van der Waals surface area (Å²) in [6.07, 6.45) is 0. The van der Waals surface area contributed by atoms with Gasteiger partial charge in [0.2, 0.25) is 0 Å². The lowest BCUT2D eigenvalue weighted by molar-refractivity contribution is 0.0512. The topological polar surface area (TPSA) is 68.9 Å². The van der Waals surface area contributed by atoms with E-state index in [9.17, 15) is 9.90 Å². The van der Waals surface area contributed by atoms with Crippen molar-refractivity contribution in [1.29, 1.82) is 0 Å². The molecule has 0 spiro atoms. The van der Waals surface area contributed by atoms with Crippen LogP contribution in [0.2, 0.25) is 0 Å². The molecule has 0 saturated carbocycles. The number of ether oxygens (including phenoxy) is 2. The smallest absolute Gasteiger partial charge is 0.344 e. The molecule has 0 bridgehead atoms. The van der Waals surface area contributed by atoms with Gasteiger partial charge in [-0.2, -0.15) is 0 Å². The van der Waals surface area contributed by atoms with Crippen molar-refractivity contribution in [2.75, 3.05) is 14.2 Å². The molecule has 1 N–H and O–H groups in total. The molecule has 5 nitrogen and oxygen atoms in total. The first-order valence-electron chi connectivity index (χ1n) is 5.79. The number of hydrogen-bond acceptors (Lipinski definition) is 5. The summed E-state index contributed by atoms with van der Waals surface area (Å²) >= 11 is 0. The number of rotatable bonds is 3. The van der Waals surface area contributed by atoms with Crippen molar-refractivity contribution >= 4 is 10.8 Å². The Morgan fingerprint density at radius 3 is 2.21 bits per heavy atom. The quantitative estimate of drug-likeness (QED) is 0.918. The molecule has 0 radical (unpaired) electrons. The third kappa shape index (κ3) is 2.42. The van der Waals surface area contributed by atoms with E-state index in [0.717, 1.165) is 0 Å². The highest BCUT2D eigenvalue weighted by atomic mass is 16.5. The first-order valence-corrected chi connectivity index (χ1v) is 5.79. The van der Waals surface area contributed by atoms with Crippen LogP contribution in [0.5, 0.6) is 11.5 Å². The van der Waals surface area contributed by atoms with Gasteiger partial charge in [-0.1, -0.05) is 0 Å². The van der Waals surface area contributed by atoms with Crippen LogP contribution in [0.25, 0.3) is 10.8 Å². The molecule has 0 aliphatic carbocycles. The maximum atomic E-state index is 11.9. The van der Waals surface area contributed by atoms with E-state index in [-0.39, 0.29) is 5.76 Å². The molecule has 0 fully saturated rings. The van der Waals surface area contributed by atoms with E-state index >= 15 is 0 Å². The van der Waals surface area contributed by atoms with E-state index in [1.165, 1.54) is 14.2 Å². The van der Waals surface area contributed by atoms with Crippen molar-refractivity contribution in [3.63, 3.8) is 0 Å². The Bertz CT molecular complexity index is 664. The van der Waals surface area contributed by atoms with Crippen LogP contribution >= 0.6 is 0 Å². The molecule has 2 aromatic rings. The van der Waals surface area contributed by atoms with Gasteiger partial charge >= 0.3 is 5.63 Å². The second-order valence-electron chi connectivity index (χ2n) is 4.75. The molecule has 1 heterocycles. The summed E-state index contributed by atoms with van der Waals surface area (Å²) in [4.78, 5) is 11.9. The Kier molecular flexibility index (Phi) is 3.24. The highest BCUT2D eigenvalue weighted by molar-refractivity contribution is 5.85. The molecule has 1 aromatic heterocycles. The summed E-state index contributed by atoms with van der Waals surface area (Å²) in [6.45, 7) is 3.11. The van der Waals surface area contributed by atoms with Crippen molar-refractivity contribution in [3.8, 4) is 11.5 Å². The molecular formula is C14H16O5. The summed E-state index contributed by atoms with van der Waals surface area (Å²) < 4.78 is 15.5. The lowest BCUT2D eigenvalue weighted by Gasteiger charge is -2.16. The van der Waals surface area contributed by atoms with Gasteiger partial charge in [0.1, 0.15) is 11.4 Å². The van der Waals surface area contributed by atoms with E-state index in [4.69, 9.17) is 13.9 Å². The van der Waals surface area contributed by atoms with Gasteiger partial charge < -0.3 is 19.0 Å². The Hall–Kier alpha value is -2.01. The van der Waals surface area contributed by atoms with Crippen molar-refractivity contribution in [2.24, 2.45) is 0 Å². The summed E-state index contributed by atoms with van der Waals surface area (Å²) in [5.74, 6) is 1.18. The second-order valence-corrected chi connectivity index (χ2v) is 4.75. The number of aliphatic hydroxyl groups is 1. The summed E-state index contributed by atoms with van der Waals surface area (Å²) in [6, 6.07) is 4.87. The van der Waals surface area contributed by atoms with Gasteiger partial charge in [0.05, 0.1) is 19.6 Å². The molecule has 0 atom stereocenters. The third-order valence-electron chi connectivity index (χ3n) is 2.87. The zero-order valence-electron chi connectivity index (χ0n) is 11.3. The van der Waals surface area contributed by atoms with Crippen LogP contribution in [0, 0.1) is 0 Å². The minimum Gasteiger partial charge on any atom is -0.493 e. The van der Waals surface area contributed by atoms with Gasteiger partial charge in [-0.05, 0) is 37.4 Å². The Morgan fingerprint density at radius 2 is 1.68 bits per heavy atom. The SMILES string of the molecule is COc1cc2cc(C(C)(C)O)oc(=O)c2cc1OC. The van der Waals surface area contributed by atoms with E-state index < -0.39 is 11.2 Å². The fourth-order valence-corrected chi connectivity index (χ4v) is 1.82. The van der Waals surface area contributed by atoms with Gasteiger partial charge in [0.25, 0.3) is 0 Å². The van der Waals surface area contributed by atoms with Gasteiger partial charge in [-0.25, -0.2) is 4.79 Å². The van der Waals surface area contributed by atoms with Crippen LogP contribution in [-0.4, -0.2) is 19.3 Å². The van der Waals surface area contributed by atoms with Crippen LogP contribution in [0.3, 0.4) is 0 Å².